The number of fused-ring (bicyclic) bond motifs is 1. The summed E-state index contributed by atoms with van der Waals surface area (Å²) in [7, 11) is 0. The van der Waals surface area contributed by atoms with Crippen LogP contribution in [0.15, 0.2) is 18.2 Å². The van der Waals surface area contributed by atoms with Gasteiger partial charge < -0.3 is 5.21 Å². The molecule has 0 atom stereocenters. The Bertz CT molecular complexity index is 518. The van der Waals surface area contributed by atoms with E-state index in [1.54, 1.807) is 6.92 Å². The molecule has 1 N–H and O–H groups in total. The van der Waals surface area contributed by atoms with Crippen molar-refractivity contribution in [2.24, 2.45) is 0 Å². The average Bonchev–Trinajstić information content (AvgIpc) is 2.43. The molecule has 0 radical (unpaired) electrons. The zero-order chi connectivity index (χ0) is 10.3. The first-order chi connectivity index (χ1) is 6.59. The Morgan fingerprint density at radius 2 is 2.29 bits per heavy atom. The molecule has 72 valence electrons. The molecule has 0 bridgehead atoms. The molecule has 14 heavy (non-hydrogen) atoms. The van der Waals surface area contributed by atoms with Crippen molar-refractivity contribution in [3.63, 3.8) is 0 Å². The fraction of sp³-hybridized carbons (Fsp3) is 0.125. The maximum atomic E-state index is 10.5. The fourth-order valence-electron chi connectivity index (χ4n) is 1.29. The van der Waals surface area contributed by atoms with E-state index in [9.17, 15) is 15.3 Å². The van der Waals surface area contributed by atoms with E-state index in [4.69, 9.17) is 0 Å². The minimum atomic E-state index is -0.512. The lowest BCUT2D eigenvalue weighted by atomic mass is 10.3. The van der Waals surface area contributed by atoms with Crippen molar-refractivity contribution in [3.8, 4) is 0 Å². The number of imidazole rings is 1. The van der Waals surface area contributed by atoms with Crippen LogP contribution in [0.25, 0.3) is 11.0 Å². The summed E-state index contributed by atoms with van der Waals surface area (Å²) in [5.41, 5.74) is 0.819. The number of hydrogen-bond acceptors (Lipinski definition) is 4. The van der Waals surface area contributed by atoms with Gasteiger partial charge in [-0.1, -0.05) is 0 Å². The van der Waals surface area contributed by atoms with Gasteiger partial charge in [0, 0.05) is 12.1 Å². The Hall–Kier alpha value is -2.11. The second-order valence-electron chi connectivity index (χ2n) is 2.90. The van der Waals surface area contributed by atoms with Gasteiger partial charge >= 0.3 is 0 Å². The lowest BCUT2D eigenvalue weighted by Crippen LogP contribution is -1.93. The van der Waals surface area contributed by atoms with Crippen molar-refractivity contribution in [3.05, 3.63) is 34.1 Å². The predicted molar refractivity (Wildman–Crippen MR) is 48.3 cm³/mol. The van der Waals surface area contributed by atoms with E-state index in [1.807, 2.05) is 0 Å². The van der Waals surface area contributed by atoms with E-state index in [-0.39, 0.29) is 5.69 Å². The maximum Gasteiger partial charge on any atom is 0.271 e. The van der Waals surface area contributed by atoms with E-state index in [1.165, 1.54) is 18.2 Å². The summed E-state index contributed by atoms with van der Waals surface area (Å²) in [6.07, 6.45) is 0. The minimum absolute atomic E-state index is 0.0623. The molecule has 0 aliphatic heterocycles. The van der Waals surface area contributed by atoms with Crippen LogP contribution in [0.3, 0.4) is 0 Å². The highest BCUT2D eigenvalue weighted by molar-refractivity contribution is 5.78. The molecular weight excluding hydrogens is 186 g/mol. The van der Waals surface area contributed by atoms with Crippen molar-refractivity contribution >= 4 is 16.7 Å². The Morgan fingerprint density at radius 1 is 1.57 bits per heavy atom. The molecule has 6 nitrogen and oxygen atoms in total. The summed E-state index contributed by atoms with van der Waals surface area (Å²) < 4.78 is 0.836. The van der Waals surface area contributed by atoms with E-state index in [2.05, 4.69) is 4.98 Å². The van der Waals surface area contributed by atoms with Gasteiger partial charge in [0.05, 0.1) is 10.4 Å². The molecule has 0 fully saturated rings. The van der Waals surface area contributed by atoms with Crippen molar-refractivity contribution in [1.82, 2.24) is 9.71 Å². The van der Waals surface area contributed by atoms with Crippen LogP contribution in [0.2, 0.25) is 0 Å². The van der Waals surface area contributed by atoms with Crippen molar-refractivity contribution in [1.29, 1.82) is 0 Å². The normalized spacial score (nSPS) is 10.6. The van der Waals surface area contributed by atoms with Crippen LogP contribution in [-0.4, -0.2) is 19.8 Å². The third kappa shape index (κ3) is 1.08. The predicted octanol–water partition coefficient (Wildman–Crippen LogP) is 1.49. The number of aromatic nitrogens is 2. The number of aryl methyl sites for hydroxylation is 1. The monoisotopic (exact) mass is 193 g/mol. The molecule has 0 aliphatic carbocycles. The summed E-state index contributed by atoms with van der Waals surface area (Å²) in [5.74, 6) is 0.403. The SMILES string of the molecule is Cc1nc2ccc([N+](=O)[O-])cc2n1O. The number of nitro benzene ring substituents is 1. The van der Waals surface area contributed by atoms with Crippen molar-refractivity contribution in [2.75, 3.05) is 0 Å². The van der Waals surface area contributed by atoms with Crippen LogP contribution in [0.5, 0.6) is 0 Å². The summed E-state index contributed by atoms with van der Waals surface area (Å²) >= 11 is 0. The number of nitrogens with zero attached hydrogens (tertiary/aromatic N) is 3. The Labute approximate surface area is 78.5 Å². The average molecular weight is 193 g/mol. The maximum absolute atomic E-state index is 10.5. The molecule has 0 amide bonds. The Balaban J connectivity index is 2.76. The molecule has 0 spiro atoms. The molecule has 2 aromatic rings. The molecule has 6 heteroatoms. The molecular formula is C8H7N3O3. The van der Waals surface area contributed by atoms with Gasteiger partial charge in [-0.25, -0.2) is 4.98 Å². The summed E-state index contributed by atoms with van der Waals surface area (Å²) in [4.78, 5) is 13.9. The number of nitro groups is 1. The third-order valence-corrected chi connectivity index (χ3v) is 1.99. The largest absolute Gasteiger partial charge is 0.427 e. The summed E-state index contributed by atoms with van der Waals surface area (Å²) in [5, 5.41) is 19.9. The molecule has 1 heterocycles. The Kier molecular flexibility index (Phi) is 1.63. The standard InChI is InChI=1S/C8H7N3O3/c1-5-9-7-3-2-6(11(13)14)4-8(7)10(5)12/h2-4,12H,1H3. The zero-order valence-electron chi connectivity index (χ0n) is 7.34. The van der Waals surface area contributed by atoms with Crippen LogP contribution in [-0.2, 0) is 0 Å². The zero-order valence-corrected chi connectivity index (χ0v) is 7.34. The molecule has 0 saturated carbocycles. The first-order valence-corrected chi connectivity index (χ1v) is 3.92. The van der Waals surface area contributed by atoms with Gasteiger partial charge in [-0.05, 0) is 13.0 Å². The van der Waals surface area contributed by atoms with Gasteiger partial charge in [0.2, 0.25) is 0 Å². The fourth-order valence-corrected chi connectivity index (χ4v) is 1.29. The molecule has 0 saturated heterocycles. The van der Waals surface area contributed by atoms with Gasteiger partial charge in [0.25, 0.3) is 5.69 Å². The highest BCUT2D eigenvalue weighted by Gasteiger charge is 2.11. The van der Waals surface area contributed by atoms with E-state index < -0.39 is 4.92 Å². The summed E-state index contributed by atoms with van der Waals surface area (Å²) in [6.45, 7) is 1.62. The highest BCUT2D eigenvalue weighted by Crippen LogP contribution is 2.20. The topological polar surface area (TPSA) is 81.2 Å². The smallest absolute Gasteiger partial charge is 0.271 e. The van der Waals surface area contributed by atoms with E-state index in [0.29, 0.717) is 16.9 Å². The third-order valence-electron chi connectivity index (χ3n) is 1.99. The lowest BCUT2D eigenvalue weighted by molar-refractivity contribution is -0.384. The van der Waals surface area contributed by atoms with E-state index in [0.717, 1.165) is 4.73 Å². The van der Waals surface area contributed by atoms with Crippen LogP contribution in [0, 0.1) is 17.0 Å². The van der Waals surface area contributed by atoms with Crippen LogP contribution in [0.4, 0.5) is 5.69 Å². The first kappa shape index (κ1) is 8.49. The summed E-state index contributed by atoms with van der Waals surface area (Å²) in [6, 6.07) is 4.15. The lowest BCUT2D eigenvalue weighted by Gasteiger charge is -1.94. The number of benzene rings is 1. The van der Waals surface area contributed by atoms with Crippen LogP contribution in [0.1, 0.15) is 5.82 Å². The first-order valence-electron chi connectivity index (χ1n) is 3.92. The second kappa shape index (κ2) is 2.69. The second-order valence-corrected chi connectivity index (χ2v) is 2.90. The Morgan fingerprint density at radius 3 is 2.93 bits per heavy atom. The van der Waals surface area contributed by atoms with Crippen LogP contribution >= 0.6 is 0 Å². The van der Waals surface area contributed by atoms with Crippen molar-refractivity contribution in [2.45, 2.75) is 6.92 Å². The quantitative estimate of drug-likeness (QED) is 0.422. The van der Waals surface area contributed by atoms with Gasteiger partial charge in [-0.15, -0.1) is 0 Å². The number of non-ortho nitro benzene ring substituents is 1. The van der Waals surface area contributed by atoms with Gasteiger partial charge in [-0.3, -0.25) is 10.1 Å². The van der Waals surface area contributed by atoms with Crippen molar-refractivity contribution < 1.29 is 10.1 Å². The van der Waals surface area contributed by atoms with E-state index >= 15 is 0 Å². The number of hydrogen-bond donors (Lipinski definition) is 1. The number of rotatable bonds is 1. The molecule has 0 aliphatic rings. The molecule has 1 aromatic heterocycles. The molecule has 1 aromatic carbocycles. The van der Waals surface area contributed by atoms with Gasteiger partial charge in [0.1, 0.15) is 11.3 Å². The van der Waals surface area contributed by atoms with Gasteiger partial charge in [-0.2, -0.15) is 4.73 Å². The highest BCUT2D eigenvalue weighted by atomic mass is 16.6. The van der Waals surface area contributed by atoms with Gasteiger partial charge in [0.15, 0.2) is 0 Å². The molecule has 2 rings (SSSR count). The van der Waals surface area contributed by atoms with Crippen LogP contribution < -0.4 is 0 Å². The minimum Gasteiger partial charge on any atom is -0.427 e. The molecule has 0 unspecified atom stereocenters.